The number of hydrogen-bond donors (Lipinski definition) is 1. The number of benzene rings is 1. The Morgan fingerprint density at radius 2 is 1.94 bits per heavy atom. The Kier molecular flexibility index (Phi) is 6.30. The van der Waals surface area contributed by atoms with E-state index in [0.29, 0.717) is 42.2 Å². The fourth-order valence-corrected chi connectivity index (χ4v) is 5.27. The molecule has 0 amide bonds. The molecule has 3 fully saturated rings. The van der Waals surface area contributed by atoms with Crippen LogP contribution in [0.5, 0.6) is 11.8 Å². The molecule has 180 valence electrons. The van der Waals surface area contributed by atoms with Gasteiger partial charge in [0.25, 0.3) is 6.01 Å². The molecule has 0 radical (unpaired) electrons. The molecule has 34 heavy (non-hydrogen) atoms. The highest BCUT2D eigenvalue weighted by Crippen LogP contribution is 2.32. The lowest BCUT2D eigenvalue weighted by molar-refractivity contribution is 0.0273. The highest BCUT2D eigenvalue weighted by atomic mass is 35.5. The molecule has 8 nitrogen and oxygen atoms in total. The van der Waals surface area contributed by atoms with E-state index in [2.05, 4.69) is 14.9 Å². The van der Waals surface area contributed by atoms with Crippen LogP contribution in [0, 0.1) is 0 Å². The number of nitrogens with zero attached hydrogens (tertiary/aromatic N) is 3. The van der Waals surface area contributed by atoms with Crippen LogP contribution in [0.1, 0.15) is 25.7 Å². The Bertz CT molecular complexity index is 1130. The van der Waals surface area contributed by atoms with Crippen LogP contribution in [-0.4, -0.2) is 77.6 Å². The molecule has 1 aromatic carbocycles. The summed E-state index contributed by atoms with van der Waals surface area (Å²) >= 11 is 6.57. The van der Waals surface area contributed by atoms with E-state index in [1.54, 1.807) is 0 Å². The van der Waals surface area contributed by atoms with Crippen LogP contribution in [0.3, 0.4) is 0 Å². The van der Waals surface area contributed by atoms with Crippen molar-refractivity contribution in [2.45, 2.75) is 44.0 Å². The van der Waals surface area contributed by atoms with E-state index in [1.807, 2.05) is 30.3 Å². The Hall–Kier alpha value is -2.39. The Balaban J connectivity index is 1.12. The van der Waals surface area contributed by atoms with Gasteiger partial charge >= 0.3 is 0 Å². The topological polar surface area (TPSA) is 81.7 Å². The van der Waals surface area contributed by atoms with Crippen LogP contribution in [0.2, 0.25) is 5.02 Å². The number of halogens is 1. The second-order valence-corrected chi connectivity index (χ2v) is 9.57. The van der Waals surface area contributed by atoms with Crippen molar-refractivity contribution in [3.8, 4) is 23.0 Å². The number of fused-ring (bicyclic) bond motifs is 2. The molecule has 3 aromatic rings. The van der Waals surface area contributed by atoms with Gasteiger partial charge in [-0.3, -0.25) is 4.90 Å². The van der Waals surface area contributed by atoms with Gasteiger partial charge in [0.15, 0.2) is 11.8 Å². The van der Waals surface area contributed by atoms with Gasteiger partial charge in [-0.15, -0.1) is 0 Å². The number of aromatic amines is 1. The van der Waals surface area contributed by atoms with Crippen molar-refractivity contribution >= 4 is 22.8 Å². The van der Waals surface area contributed by atoms with Gasteiger partial charge in [0.05, 0.1) is 28.9 Å². The number of nitrogens with one attached hydrogen (secondary N) is 1. The lowest BCUT2D eigenvalue weighted by atomic mass is 10.1. The Labute approximate surface area is 203 Å². The van der Waals surface area contributed by atoms with Crippen molar-refractivity contribution in [1.82, 2.24) is 19.9 Å². The Morgan fingerprint density at radius 1 is 1.09 bits per heavy atom. The number of likely N-dealkylation sites (tertiary alicyclic amines) is 1. The number of hydrogen-bond acceptors (Lipinski definition) is 7. The first-order valence-electron chi connectivity index (χ1n) is 12.1. The highest BCUT2D eigenvalue weighted by molar-refractivity contribution is 6.33. The monoisotopic (exact) mass is 484 g/mol. The van der Waals surface area contributed by atoms with E-state index in [0.717, 1.165) is 29.8 Å². The maximum Gasteiger partial charge on any atom is 0.296 e. The number of ether oxygens (including phenoxy) is 4. The summed E-state index contributed by atoms with van der Waals surface area (Å²) in [5, 5.41) is 0.546. The van der Waals surface area contributed by atoms with E-state index < -0.39 is 0 Å². The van der Waals surface area contributed by atoms with Crippen LogP contribution >= 0.6 is 11.6 Å². The van der Waals surface area contributed by atoms with Crippen molar-refractivity contribution in [1.29, 1.82) is 0 Å². The van der Waals surface area contributed by atoms with Crippen LogP contribution in [0.4, 0.5) is 0 Å². The smallest absolute Gasteiger partial charge is 0.296 e. The highest BCUT2D eigenvalue weighted by Gasteiger charge is 2.43. The summed E-state index contributed by atoms with van der Waals surface area (Å²) < 4.78 is 23.5. The summed E-state index contributed by atoms with van der Waals surface area (Å²) in [7, 11) is 0. The first-order chi connectivity index (χ1) is 16.7. The molecule has 3 atom stereocenters. The standard InChI is InChI=1S/C25H29ClN4O4/c26-18-14-19-24(29-25(27-19)34-21-15-33-20-8-12-32-23(20)21)28-22(18)16-4-6-17(7-5-16)31-13-11-30-9-2-1-3-10-30/h4-7,14,20-21,23H,1-3,8-13,15H2,(H,27,28,29). The molecule has 3 saturated heterocycles. The molecule has 3 unspecified atom stereocenters. The van der Waals surface area contributed by atoms with Crippen molar-refractivity contribution in [3.63, 3.8) is 0 Å². The van der Waals surface area contributed by atoms with Crippen molar-refractivity contribution in [3.05, 3.63) is 35.4 Å². The first-order valence-corrected chi connectivity index (χ1v) is 12.5. The molecule has 3 aliphatic rings. The summed E-state index contributed by atoms with van der Waals surface area (Å²) in [6.45, 7) is 5.22. The fourth-order valence-electron chi connectivity index (χ4n) is 5.01. The van der Waals surface area contributed by atoms with E-state index in [-0.39, 0.29) is 18.3 Å². The lowest BCUT2D eigenvalue weighted by Crippen LogP contribution is -2.33. The summed E-state index contributed by atoms with van der Waals surface area (Å²) in [5.41, 5.74) is 2.87. The zero-order valence-corrected chi connectivity index (χ0v) is 19.8. The van der Waals surface area contributed by atoms with Crippen molar-refractivity contribution in [2.24, 2.45) is 0 Å². The molecule has 9 heteroatoms. The van der Waals surface area contributed by atoms with Crippen LogP contribution in [0.25, 0.3) is 22.4 Å². The molecule has 1 N–H and O–H groups in total. The molecule has 2 aromatic heterocycles. The van der Waals surface area contributed by atoms with Crippen LogP contribution < -0.4 is 9.47 Å². The number of H-pyrrole nitrogens is 1. The number of imidazole rings is 1. The van der Waals surface area contributed by atoms with Gasteiger partial charge in [0.2, 0.25) is 0 Å². The number of pyridine rings is 1. The van der Waals surface area contributed by atoms with E-state index in [4.69, 9.17) is 35.5 Å². The van der Waals surface area contributed by atoms with Crippen molar-refractivity contribution < 1.29 is 18.9 Å². The Morgan fingerprint density at radius 3 is 2.79 bits per heavy atom. The average molecular weight is 485 g/mol. The maximum atomic E-state index is 6.57. The summed E-state index contributed by atoms with van der Waals surface area (Å²) in [6.07, 6.45) is 4.74. The zero-order chi connectivity index (χ0) is 22.9. The molecule has 0 bridgehead atoms. The fraction of sp³-hybridized carbons (Fsp3) is 0.520. The zero-order valence-electron chi connectivity index (χ0n) is 19.0. The minimum Gasteiger partial charge on any atom is -0.492 e. The molecular weight excluding hydrogens is 456 g/mol. The molecular formula is C25H29ClN4O4. The minimum absolute atomic E-state index is 0.0408. The second-order valence-electron chi connectivity index (χ2n) is 9.16. The molecule has 0 aliphatic carbocycles. The summed E-state index contributed by atoms with van der Waals surface area (Å²) in [5.74, 6) is 0.847. The third-order valence-corrected chi connectivity index (χ3v) is 7.13. The van der Waals surface area contributed by atoms with Crippen molar-refractivity contribution in [2.75, 3.05) is 39.5 Å². The van der Waals surface area contributed by atoms with Gasteiger partial charge in [-0.25, -0.2) is 4.98 Å². The van der Waals surface area contributed by atoms with Crippen LogP contribution in [-0.2, 0) is 9.47 Å². The predicted molar refractivity (Wildman–Crippen MR) is 129 cm³/mol. The number of aromatic nitrogens is 3. The predicted octanol–water partition coefficient (Wildman–Crippen LogP) is 4.08. The largest absolute Gasteiger partial charge is 0.492 e. The van der Waals surface area contributed by atoms with Gasteiger partial charge in [-0.1, -0.05) is 18.0 Å². The lowest BCUT2D eigenvalue weighted by Gasteiger charge is -2.26. The molecule has 6 rings (SSSR count). The maximum absolute atomic E-state index is 6.57. The molecule has 3 aliphatic heterocycles. The summed E-state index contributed by atoms with van der Waals surface area (Å²) in [4.78, 5) is 14.9. The number of piperidine rings is 1. The SMILES string of the molecule is Clc1cc2[nH]c(OC3COC4CCOC43)nc2nc1-c1ccc(OCCN2CCCCC2)cc1. The van der Waals surface area contributed by atoms with E-state index >= 15 is 0 Å². The second kappa shape index (κ2) is 9.70. The third-order valence-electron chi connectivity index (χ3n) is 6.84. The number of rotatable bonds is 7. The quantitative estimate of drug-likeness (QED) is 0.541. The van der Waals surface area contributed by atoms with Gasteiger partial charge in [-0.2, -0.15) is 4.98 Å². The normalized spacial score (nSPS) is 25.0. The summed E-state index contributed by atoms with van der Waals surface area (Å²) in [6, 6.07) is 10.1. The van der Waals surface area contributed by atoms with Gasteiger partial charge in [0.1, 0.15) is 18.5 Å². The minimum atomic E-state index is -0.175. The van der Waals surface area contributed by atoms with Gasteiger partial charge in [0, 0.05) is 18.7 Å². The third kappa shape index (κ3) is 4.60. The van der Waals surface area contributed by atoms with E-state index in [9.17, 15) is 0 Å². The molecule has 5 heterocycles. The average Bonchev–Trinajstić information content (AvgIpc) is 3.57. The molecule has 0 saturated carbocycles. The van der Waals surface area contributed by atoms with Gasteiger partial charge in [-0.05, 0) is 62.7 Å². The van der Waals surface area contributed by atoms with Gasteiger partial charge < -0.3 is 23.9 Å². The van der Waals surface area contributed by atoms with E-state index in [1.165, 1.54) is 32.4 Å². The first kappa shape index (κ1) is 22.1. The van der Waals surface area contributed by atoms with Crippen LogP contribution in [0.15, 0.2) is 30.3 Å². The molecule has 0 spiro atoms.